The van der Waals surface area contributed by atoms with E-state index in [1.807, 2.05) is 0 Å². The largest absolute Gasteiger partial charge is 0.416 e. The van der Waals surface area contributed by atoms with Crippen molar-refractivity contribution in [1.82, 2.24) is 5.32 Å². The number of benzene rings is 1. The smallest absolute Gasteiger partial charge is 0.355 e. The molecular formula is C15H16F5NO. The van der Waals surface area contributed by atoms with Crippen LogP contribution in [0.15, 0.2) is 24.3 Å². The molecule has 0 heterocycles. The number of hydrogen-bond donors (Lipinski definition) is 1. The van der Waals surface area contributed by atoms with Gasteiger partial charge in [-0.1, -0.05) is 12.1 Å². The molecule has 0 aliphatic heterocycles. The van der Waals surface area contributed by atoms with Gasteiger partial charge in [0.2, 0.25) is 5.91 Å². The number of carbonyl (C=O) groups is 1. The Balaban J connectivity index is 1.85. The summed E-state index contributed by atoms with van der Waals surface area (Å²) < 4.78 is 64.0. The Kier molecular flexibility index (Phi) is 4.72. The van der Waals surface area contributed by atoms with Gasteiger partial charge < -0.3 is 5.32 Å². The summed E-state index contributed by atoms with van der Waals surface area (Å²) in [6.45, 7) is -0.105. The summed E-state index contributed by atoms with van der Waals surface area (Å²) in [5.41, 5.74) is -0.383. The van der Waals surface area contributed by atoms with Gasteiger partial charge in [0.15, 0.2) is 0 Å². The topological polar surface area (TPSA) is 29.1 Å². The molecule has 1 saturated carbocycles. The van der Waals surface area contributed by atoms with Crippen LogP contribution >= 0.6 is 0 Å². The molecular weight excluding hydrogens is 305 g/mol. The minimum Gasteiger partial charge on any atom is -0.355 e. The summed E-state index contributed by atoms with van der Waals surface area (Å²) in [4.78, 5) is 11.7. The third-order valence-corrected chi connectivity index (χ3v) is 3.85. The average Bonchev–Trinajstić information content (AvgIpc) is 2.75. The number of amides is 1. The molecule has 2 rings (SSSR count). The van der Waals surface area contributed by atoms with E-state index < -0.39 is 29.5 Å². The van der Waals surface area contributed by atoms with Gasteiger partial charge in [-0.25, -0.2) is 8.78 Å². The lowest BCUT2D eigenvalue weighted by Crippen LogP contribution is -2.36. The number of nitrogens with one attached hydrogen (secondary N) is 1. The number of hydrogen-bond acceptors (Lipinski definition) is 1. The molecule has 0 aromatic heterocycles. The molecule has 0 saturated heterocycles. The second kappa shape index (κ2) is 6.22. The maximum absolute atomic E-state index is 13.4. The Hall–Kier alpha value is -1.66. The molecule has 22 heavy (non-hydrogen) atoms. The van der Waals surface area contributed by atoms with E-state index in [1.165, 1.54) is 12.1 Å². The predicted molar refractivity (Wildman–Crippen MR) is 70.4 cm³/mol. The molecule has 7 heteroatoms. The van der Waals surface area contributed by atoms with Crippen LogP contribution in [0.25, 0.3) is 0 Å². The summed E-state index contributed by atoms with van der Waals surface area (Å²) in [7, 11) is 0. The monoisotopic (exact) mass is 321 g/mol. The lowest BCUT2D eigenvalue weighted by Gasteiger charge is -2.19. The van der Waals surface area contributed by atoms with Crippen molar-refractivity contribution in [1.29, 1.82) is 0 Å². The lowest BCUT2D eigenvalue weighted by atomic mass is 10.0. The maximum Gasteiger partial charge on any atom is 0.416 e. The van der Waals surface area contributed by atoms with Crippen LogP contribution < -0.4 is 5.32 Å². The van der Waals surface area contributed by atoms with Gasteiger partial charge in [0.25, 0.3) is 5.92 Å². The molecule has 2 nitrogen and oxygen atoms in total. The number of alkyl halides is 5. The normalized spacial score (nSPS) is 20.9. The van der Waals surface area contributed by atoms with Crippen LogP contribution in [0.3, 0.4) is 0 Å². The highest BCUT2D eigenvalue weighted by atomic mass is 19.4. The van der Waals surface area contributed by atoms with Crippen LogP contribution in [0.4, 0.5) is 22.0 Å². The second-order valence-electron chi connectivity index (χ2n) is 5.53. The molecule has 0 bridgehead atoms. The molecule has 0 spiro atoms. The minimum atomic E-state index is -4.42. The predicted octanol–water partition coefficient (Wildman–Crippen LogP) is 3.80. The van der Waals surface area contributed by atoms with Gasteiger partial charge in [-0.3, -0.25) is 4.79 Å². The molecule has 1 unspecified atom stereocenters. The Labute approximate surface area is 124 Å². The van der Waals surface area contributed by atoms with Crippen LogP contribution in [-0.4, -0.2) is 18.4 Å². The van der Waals surface area contributed by atoms with Crippen molar-refractivity contribution < 1.29 is 26.7 Å². The van der Waals surface area contributed by atoms with Gasteiger partial charge in [-0.2, -0.15) is 13.2 Å². The zero-order chi connectivity index (χ0) is 16.4. The van der Waals surface area contributed by atoms with E-state index >= 15 is 0 Å². The summed E-state index contributed by atoms with van der Waals surface area (Å²) in [6.07, 6.45) is -3.91. The molecule has 0 radical (unpaired) electrons. The van der Waals surface area contributed by atoms with Gasteiger partial charge in [0, 0.05) is 18.9 Å². The molecule has 1 amide bonds. The first-order chi connectivity index (χ1) is 10.2. The summed E-state index contributed by atoms with van der Waals surface area (Å²) in [5.74, 6) is -4.08. The highest BCUT2D eigenvalue weighted by Gasteiger charge is 2.43. The summed E-state index contributed by atoms with van der Waals surface area (Å²) >= 11 is 0. The minimum absolute atomic E-state index is 0.105. The number of halogens is 5. The third-order valence-electron chi connectivity index (χ3n) is 3.85. The second-order valence-corrected chi connectivity index (χ2v) is 5.53. The lowest BCUT2D eigenvalue weighted by molar-refractivity contribution is -0.137. The molecule has 1 aromatic rings. The SMILES string of the molecule is O=C(Cc1ccc(C(F)(F)F)cc1)NCC1CCCC1(F)F. The zero-order valence-electron chi connectivity index (χ0n) is 11.7. The first-order valence-electron chi connectivity index (χ1n) is 6.99. The van der Waals surface area contributed by atoms with E-state index in [-0.39, 0.29) is 19.4 Å². The van der Waals surface area contributed by atoms with Gasteiger partial charge in [0.05, 0.1) is 12.0 Å². The molecule has 122 valence electrons. The average molecular weight is 321 g/mol. The van der Waals surface area contributed by atoms with Gasteiger partial charge >= 0.3 is 6.18 Å². The fourth-order valence-electron chi connectivity index (χ4n) is 2.55. The van der Waals surface area contributed by atoms with Crippen molar-refractivity contribution >= 4 is 5.91 Å². The van der Waals surface area contributed by atoms with E-state index in [2.05, 4.69) is 5.32 Å². The molecule has 1 aromatic carbocycles. The van der Waals surface area contributed by atoms with Crippen LogP contribution in [0.2, 0.25) is 0 Å². The van der Waals surface area contributed by atoms with Crippen molar-refractivity contribution in [2.75, 3.05) is 6.54 Å². The van der Waals surface area contributed by atoms with Crippen molar-refractivity contribution in [3.05, 3.63) is 35.4 Å². The molecule has 1 N–H and O–H groups in total. The Morgan fingerprint density at radius 2 is 1.86 bits per heavy atom. The standard InChI is InChI=1S/C15H16F5NO/c16-14(17)7-1-2-12(14)9-21-13(22)8-10-3-5-11(6-4-10)15(18,19)20/h3-6,12H,1-2,7-9H2,(H,21,22). The van der Waals surface area contributed by atoms with E-state index in [1.54, 1.807) is 0 Å². The summed E-state index contributed by atoms with van der Waals surface area (Å²) in [5, 5.41) is 2.43. The van der Waals surface area contributed by atoms with Crippen molar-refractivity contribution in [2.24, 2.45) is 5.92 Å². The Morgan fingerprint density at radius 3 is 2.36 bits per heavy atom. The molecule has 1 atom stereocenters. The van der Waals surface area contributed by atoms with Crippen molar-refractivity contribution in [3.63, 3.8) is 0 Å². The van der Waals surface area contributed by atoms with E-state index in [0.29, 0.717) is 18.4 Å². The molecule has 1 fully saturated rings. The van der Waals surface area contributed by atoms with Crippen LogP contribution in [-0.2, 0) is 17.4 Å². The maximum atomic E-state index is 13.4. The van der Waals surface area contributed by atoms with Crippen molar-refractivity contribution in [3.8, 4) is 0 Å². The molecule has 1 aliphatic carbocycles. The quantitative estimate of drug-likeness (QED) is 0.840. The van der Waals surface area contributed by atoms with Crippen LogP contribution in [0, 0.1) is 5.92 Å². The van der Waals surface area contributed by atoms with Crippen molar-refractivity contribution in [2.45, 2.75) is 37.8 Å². The number of rotatable bonds is 4. The fourth-order valence-corrected chi connectivity index (χ4v) is 2.55. The molecule has 1 aliphatic rings. The van der Waals surface area contributed by atoms with Crippen LogP contribution in [0.1, 0.15) is 30.4 Å². The first-order valence-corrected chi connectivity index (χ1v) is 6.99. The van der Waals surface area contributed by atoms with Gasteiger partial charge in [-0.05, 0) is 30.5 Å². The van der Waals surface area contributed by atoms with Gasteiger partial charge in [0.1, 0.15) is 0 Å². The van der Waals surface area contributed by atoms with E-state index in [4.69, 9.17) is 0 Å². The van der Waals surface area contributed by atoms with Gasteiger partial charge in [-0.15, -0.1) is 0 Å². The Morgan fingerprint density at radius 1 is 1.23 bits per heavy atom. The third kappa shape index (κ3) is 4.18. The zero-order valence-corrected chi connectivity index (χ0v) is 11.7. The highest BCUT2D eigenvalue weighted by molar-refractivity contribution is 5.78. The first kappa shape index (κ1) is 16.7. The highest BCUT2D eigenvalue weighted by Crippen LogP contribution is 2.39. The van der Waals surface area contributed by atoms with E-state index in [0.717, 1.165) is 12.1 Å². The van der Waals surface area contributed by atoms with E-state index in [9.17, 15) is 26.7 Å². The number of carbonyl (C=O) groups excluding carboxylic acids is 1. The fraction of sp³-hybridized carbons (Fsp3) is 0.533. The van der Waals surface area contributed by atoms with Crippen LogP contribution in [0.5, 0.6) is 0 Å². The Bertz CT molecular complexity index is 524. The summed E-state index contributed by atoms with van der Waals surface area (Å²) in [6, 6.07) is 4.22.